The van der Waals surface area contributed by atoms with Crippen LogP contribution in [-0.2, 0) is 9.59 Å². The highest BCUT2D eigenvalue weighted by atomic mass is 32.2. The number of carboxylic acids is 1. The molecule has 1 aliphatic heterocycles. The SMILES string of the molecule is O=C(CCN1C(=O)/C(=C/c2cc(-c3ccc(F)c(F)c3)cs2)SC1=S)Nc1cccc(C(=O)O)c1O. The number of hydrogen-bond donors (Lipinski definition) is 3. The van der Waals surface area contributed by atoms with Crippen molar-refractivity contribution < 1.29 is 33.4 Å². The first-order valence-electron chi connectivity index (χ1n) is 10.3. The summed E-state index contributed by atoms with van der Waals surface area (Å²) in [6, 6.07) is 9.30. The highest BCUT2D eigenvalue weighted by Gasteiger charge is 2.32. The number of amides is 2. The van der Waals surface area contributed by atoms with Gasteiger partial charge in [0.2, 0.25) is 5.91 Å². The van der Waals surface area contributed by atoms with E-state index in [-0.39, 0.29) is 34.4 Å². The number of halogens is 2. The molecule has 0 atom stereocenters. The molecule has 1 saturated heterocycles. The molecule has 0 aliphatic carbocycles. The monoisotopic (exact) mass is 546 g/mol. The van der Waals surface area contributed by atoms with Gasteiger partial charge in [0.15, 0.2) is 17.4 Å². The number of para-hydroxylation sites is 1. The van der Waals surface area contributed by atoms with Crippen molar-refractivity contribution in [1.29, 1.82) is 0 Å². The van der Waals surface area contributed by atoms with Crippen molar-refractivity contribution in [3.63, 3.8) is 0 Å². The van der Waals surface area contributed by atoms with Crippen molar-refractivity contribution in [2.45, 2.75) is 6.42 Å². The third-order valence-corrected chi connectivity index (χ3v) is 7.38. The Hall–Kier alpha value is -3.61. The summed E-state index contributed by atoms with van der Waals surface area (Å²) in [6.45, 7) is -0.0161. The Balaban J connectivity index is 1.40. The second-order valence-corrected chi connectivity index (χ2v) is 10.1. The number of carboxylic acid groups (broad SMARTS) is 1. The molecule has 4 rings (SSSR count). The van der Waals surface area contributed by atoms with E-state index < -0.39 is 29.3 Å². The summed E-state index contributed by atoms with van der Waals surface area (Å²) in [7, 11) is 0. The van der Waals surface area contributed by atoms with Crippen LogP contribution in [0.4, 0.5) is 14.5 Å². The smallest absolute Gasteiger partial charge is 0.339 e. The summed E-state index contributed by atoms with van der Waals surface area (Å²) >= 11 is 7.68. The van der Waals surface area contributed by atoms with E-state index in [1.807, 2.05) is 0 Å². The van der Waals surface area contributed by atoms with Crippen LogP contribution < -0.4 is 5.32 Å². The molecule has 36 heavy (non-hydrogen) atoms. The third-order valence-electron chi connectivity index (χ3n) is 5.12. The number of aromatic carboxylic acids is 1. The van der Waals surface area contributed by atoms with Crippen molar-refractivity contribution in [1.82, 2.24) is 4.90 Å². The van der Waals surface area contributed by atoms with Gasteiger partial charge in [0.1, 0.15) is 9.88 Å². The molecule has 7 nitrogen and oxygen atoms in total. The molecular weight excluding hydrogens is 530 g/mol. The number of thiocarbonyl (C=S) groups is 1. The van der Waals surface area contributed by atoms with Gasteiger partial charge < -0.3 is 15.5 Å². The summed E-state index contributed by atoms with van der Waals surface area (Å²) in [6.07, 6.45) is 1.50. The number of carbonyl (C=O) groups is 3. The highest BCUT2D eigenvalue weighted by Crippen LogP contribution is 2.35. The number of benzene rings is 2. The zero-order valence-electron chi connectivity index (χ0n) is 18.2. The van der Waals surface area contributed by atoms with Gasteiger partial charge in [-0.2, -0.15) is 0 Å². The van der Waals surface area contributed by atoms with Gasteiger partial charge in [-0.05, 0) is 52.9 Å². The van der Waals surface area contributed by atoms with Crippen LogP contribution in [0.25, 0.3) is 17.2 Å². The Morgan fingerprint density at radius 1 is 1.11 bits per heavy atom. The molecule has 0 unspecified atom stereocenters. The molecule has 0 radical (unpaired) electrons. The first-order valence-corrected chi connectivity index (χ1v) is 12.4. The van der Waals surface area contributed by atoms with Gasteiger partial charge in [-0.1, -0.05) is 36.1 Å². The van der Waals surface area contributed by atoms with Crippen LogP contribution in [0, 0.1) is 11.6 Å². The van der Waals surface area contributed by atoms with E-state index in [9.17, 15) is 28.3 Å². The quantitative estimate of drug-likeness (QED) is 0.209. The second kappa shape index (κ2) is 10.6. The third kappa shape index (κ3) is 5.45. The average molecular weight is 547 g/mol. The molecule has 12 heteroatoms. The van der Waals surface area contributed by atoms with Crippen molar-refractivity contribution in [2.24, 2.45) is 0 Å². The van der Waals surface area contributed by atoms with E-state index in [0.29, 0.717) is 20.9 Å². The zero-order valence-corrected chi connectivity index (χ0v) is 20.6. The molecule has 3 aromatic rings. The zero-order chi connectivity index (χ0) is 26.0. The highest BCUT2D eigenvalue weighted by molar-refractivity contribution is 8.26. The number of carbonyl (C=O) groups excluding carboxylic acids is 2. The van der Waals surface area contributed by atoms with E-state index in [0.717, 1.165) is 23.9 Å². The van der Waals surface area contributed by atoms with Crippen molar-refractivity contribution >= 4 is 69.2 Å². The second-order valence-electron chi connectivity index (χ2n) is 7.51. The number of anilines is 1. The summed E-state index contributed by atoms with van der Waals surface area (Å²) in [5.74, 6) is -4.70. The van der Waals surface area contributed by atoms with E-state index in [1.54, 1.807) is 17.5 Å². The number of aromatic hydroxyl groups is 1. The molecular formula is C24H16F2N2O5S3. The molecule has 0 spiro atoms. The van der Waals surface area contributed by atoms with Crippen LogP contribution in [0.1, 0.15) is 21.7 Å². The molecule has 184 valence electrons. The molecule has 2 amide bonds. The van der Waals surface area contributed by atoms with Gasteiger partial charge in [0.25, 0.3) is 5.91 Å². The molecule has 2 heterocycles. The summed E-state index contributed by atoms with van der Waals surface area (Å²) in [4.78, 5) is 38.7. The minimum absolute atomic E-state index is 0.0161. The maximum Gasteiger partial charge on any atom is 0.339 e. The van der Waals surface area contributed by atoms with Gasteiger partial charge >= 0.3 is 5.97 Å². The summed E-state index contributed by atoms with van der Waals surface area (Å²) in [5.41, 5.74) is 0.770. The number of nitrogens with zero attached hydrogens (tertiary/aromatic N) is 1. The van der Waals surface area contributed by atoms with Crippen LogP contribution in [0.2, 0.25) is 0 Å². The van der Waals surface area contributed by atoms with E-state index in [4.69, 9.17) is 17.3 Å². The minimum atomic E-state index is -1.34. The number of thioether (sulfide) groups is 1. The molecule has 0 saturated carbocycles. The van der Waals surface area contributed by atoms with Gasteiger partial charge in [0, 0.05) is 17.8 Å². The lowest BCUT2D eigenvalue weighted by molar-refractivity contribution is -0.122. The van der Waals surface area contributed by atoms with Gasteiger partial charge in [-0.15, -0.1) is 11.3 Å². The molecule has 3 N–H and O–H groups in total. The van der Waals surface area contributed by atoms with Crippen LogP contribution in [0.3, 0.4) is 0 Å². The number of phenols is 1. The van der Waals surface area contributed by atoms with Gasteiger partial charge in [-0.25, -0.2) is 13.6 Å². The largest absolute Gasteiger partial charge is 0.505 e. The van der Waals surface area contributed by atoms with Crippen LogP contribution in [0.5, 0.6) is 5.75 Å². The lowest BCUT2D eigenvalue weighted by Crippen LogP contribution is -2.31. The Morgan fingerprint density at radius 3 is 2.61 bits per heavy atom. The van der Waals surface area contributed by atoms with Gasteiger partial charge in [0.05, 0.1) is 10.6 Å². The molecule has 0 bridgehead atoms. The molecule has 1 aromatic heterocycles. The first kappa shape index (κ1) is 25.5. The lowest BCUT2D eigenvalue weighted by atomic mass is 10.1. The van der Waals surface area contributed by atoms with Crippen molar-refractivity contribution in [2.75, 3.05) is 11.9 Å². The van der Waals surface area contributed by atoms with Crippen LogP contribution in [-0.4, -0.2) is 43.8 Å². The number of rotatable bonds is 7. The number of thiophene rings is 1. The molecule has 2 aromatic carbocycles. The van der Waals surface area contributed by atoms with Crippen LogP contribution >= 0.6 is 35.3 Å². The minimum Gasteiger partial charge on any atom is -0.505 e. The fourth-order valence-electron chi connectivity index (χ4n) is 3.32. The lowest BCUT2D eigenvalue weighted by Gasteiger charge is -2.14. The molecule has 1 aliphatic rings. The van der Waals surface area contributed by atoms with E-state index in [2.05, 4.69) is 5.32 Å². The number of hydrogen-bond acceptors (Lipinski definition) is 7. The van der Waals surface area contributed by atoms with Crippen molar-refractivity contribution in [3.8, 4) is 16.9 Å². The topological polar surface area (TPSA) is 107 Å². The Kier molecular flexibility index (Phi) is 7.48. The van der Waals surface area contributed by atoms with Crippen molar-refractivity contribution in [3.05, 3.63) is 74.8 Å². The Morgan fingerprint density at radius 2 is 1.89 bits per heavy atom. The normalized spacial score (nSPS) is 14.5. The predicted molar refractivity (Wildman–Crippen MR) is 138 cm³/mol. The number of nitrogens with one attached hydrogen (secondary N) is 1. The standard InChI is InChI=1S/C24H16F2N2O5S3/c25-16-5-4-12(9-17(16)26)13-8-14(35-11-13)10-19-22(31)28(24(34)36-19)7-6-20(29)27-18-3-1-2-15(21(18)30)23(32)33/h1-5,8-11,30H,6-7H2,(H,27,29)(H,32,33)/b19-10-. The maximum absolute atomic E-state index is 13.5. The Labute approximate surface area is 217 Å². The van der Waals surface area contributed by atoms with E-state index >= 15 is 0 Å². The van der Waals surface area contributed by atoms with E-state index in [1.165, 1.54) is 40.5 Å². The van der Waals surface area contributed by atoms with Gasteiger partial charge in [-0.3, -0.25) is 14.5 Å². The fourth-order valence-corrected chi connectivity index (χ4v) is 5.54. The summed E-state index contributed by atoms with van der Waals surface area (Å²) < 4.78 is 27.0. The average Bonchev–Trinajstić information content (AvgIpc) is 3.40. The van der Waals surface area contributed by atoms with Crippen LogP contribution in [0.15, 0.2) is 52.7 Å². The summed E-state index contributed by atoms with van der Waals surface area (Å²) in [5, 5.41) is 23.3. The fraction of sp³-hybridized carbons (Fsp3) is 0.0833. The first-order chi connectivity index (χ1) is 17.1. The Bertz CT molecular complexity index is 1440. The maximum atomic E-state index is 13.5. The molecule has 1 fully saturated rings. The predicted octanol–water partition coefficient (Wildman–Crippen LogP) is 5.33.